The number of esters is 1. The molecule has 88 valence electrons. The van der Waals surface area contributed by atoms with Crippen LogP contribution in [0.4, 0.5) is 5.69 Å². The maximum atomic E-state index is 11.9. The van der Waals surface area contributed by atoms with Crippen LogP contribution in [0.5, 0.6) is 0 Å². The van der Waals surface area contributed by atoms with Gasteiger partial charge in [-0.2, -0.15) is 0 Å². The number of nitrogen functional groups attached to an aromatic ring is 1. The fourth-order valence-corrected chi connectivity index (χ4v) is 1.96. The summed E-state index contributed by atoms with van der Waals surface area (Å²) in [6, 6.07) is 3.81. The van der Waals surface area contributed by atoms with Gasteiger partial charge in [0.05, 0.1) is 17.4 Å². The Morgan fingerprint density at radius 3 is 2.56 bits per heavy atom. The third kappa shape index (κ3) is 2.70. The fourth-order valence-electron chi connectivity index (χ4n) is 1.36. The molecule has 16 heavy (non-hydrogen) atoms. The molecule has 0 saturated carbocycles. The van der Waals surface area contributed by atoms with Gasteiger partial charge in [-0.1, -0.05) is 6.07 Å². The number of aryl methyl sites for hydroxylation is 1. The van der Waals surface area contributed by atoms with Crippen molar-refractivity contribution in [2.45, 2.75) is 31.8 Å². The molecule has 0 aliphatic carbocycles. The highest BCUT2D eigenvalue weighted by atomic mass is 32.2. The standard InChI is InChI=1S/C12H17NO2S/c1-7(2)15-12(14)10-9(16-4)6-5-8(3)11(10)13/h5-7H,13H2,1-4H3. The van der Waals surface area contributed by atoms with Gasteiger partial charge in [0.25, 0.3) is 0 Å². The van der Waals surface area contributed by atoms with Crippen molar-refractivity contribution in [1.82, 2.24) is 0 Å². The van der Waals surface area contributed by atoms with Gasteiger partial charge in [0.1, 0.15) is 0 Å². The first-order valence-corrected chi connectivity index (χ1v) is 6.34. The highest BCUT2D eigenvalue weighted by Crippen LogP contribution is 2.28. The van der Waals surface area contributed by atoms with Crippen molar-refractivity contribution in [1.29, 1.82) is 0 Å². The van der Waals surface area contributed by atoms with Crippen molar-refractivity contribution in [3.05, 3.63) is 23.3 Å². The van der Waals surface area contributed by atoms with Crippen LogP contribution in [0.25, 0.3) is 0 Å². The van der Waals surface area contributed by atoms with Gasteiger partial charge in [-0.3, -0.25) is 0 Å². The third-order valence-electron chi connectivity index (χ3n) is 2.19. The lowest BCUT2D eigenvalue weighted by molar-refractivity contribution is 0.0375. The number of nitrogens with two attached hydrogens (primary N) is 1. The Morgan fingerprint density at radius 1 is 1.44 bits per heavy atom. The molecule has 1 rings (SSSR count). The Morgan fingerprint density at radius 2 is 2.06 bits per heavy atom. The average Bonchev–Trinajstić information content (AvgIpc) is 2.20. The molecule has 1 aromatic carbocycles. The summed E-state index contributed by atoms with van der Waals surface area (Å²) < 4.78 is 5.18. The molecule has 2 N–H and O–H groups in total. The van der Waals surface area contributed by atoms with Gasteiger partial charge in [0.15, 0.2) is 0 Å². The van der Waals surface area contributed by atoms with Crippen LogP contribution in [-0.4, -0.2) is 18.3 Å². The van der Waals surface area contributed by atoms with Gasteiger partial charge < -0.3 is 10.5 Å². The number of rotatable bonds is 3. The van der Waals surface area contributed by atoms with E-state index in [0.29, 0.717) is 11.3 Å². The Bertz CT molecular complexity index is 402. The molecule has 1 aromatic rings. The van der Waals surface area contributed by atoms with Crippen molar-refractivity contribution < 1.29 is 9.53 Å². The molecule has 0 unspecified atom stereocenters. The number of benzene rings is 1. The predicted molar refractivity (Wildman–Crippen MR) is 67.9 cm³/mol. The van der Waals surface area contributed by atoms with Crippen LogP contribution in [0, 0.1) is 6.92 Å². The molecular weight excluding hydrogens is 222 g/mol. The van der Waals surface area contributed by atoms with Crippen molar-refractivity contribution in [2.24, 2.45) is 0 Å². The molecule has 0 amide bonds. The zero-order chi connectivity index (χ0) is 12.3. The van der Waals surface area contributed by atoms with Crippen LogP contribution in [0.3, 0.4) is 0 Å². The molecule has 3 nitrogen and oxygen atoms in total. The average molecular weight is 239 g/mol. The minimum absolute atomic E-state index is 0.137. The normalized spacial score (nSPS) is 10.6. The summed E-state index contributed by atoms with van der Waals surface area (Å²) in [5.41, 5.74) is 7.82. The van der Waals surface area contributed by atoms with Crippen molar-refractivity contribution >= 4 is 23.4 Å². The highest BCUT2D eigenvalue weighted by Gasteiger charge is 2.18. The van der Waals surface area contributed by atoms with E-state index in [0.717, 1.165) is 10.5 Å². The third-order valence-corrected chi connectivity index (χ3v) is 2.97. The second kappa shape index (κ2) is 5.25. The van der Waals surface area contributed by atoms with Crippen LogP contribution in [0.2, 0.25) is 0 Å². The zero-order valence-corrected chi connectivity index (χ0v) is 10.9. The minimum atomic E-state index is -0.347. The molecule has 0 aliphatic heterocycles. The molecule has 0 aromatic heterocycles. The van der Waals surface area contributed by atoms with E-state index >= 15 is 0 Å². The lowest BCUT2D eigenvalue weighted by atomic mass is 10.1. The van der Waals surface area contributed by atoms with Crippen LogP contribution >= 0.6 is 11.8 Å². The molecule has 0 spiro atoms. The van der Waals surface area contributed by atoms with Gasteiger partial charge in [0, 0.05) is 4.90 Å². The Hall–Kier alpha value is -1.16. The van der Waals surface area contributed by atoms with Crippen LogP contribution < -0.4 is 5.73 Å². The van der Waals surface area contributed by atoms with E-state index in [1.165, 1.54) is 11.8 Å². The SMILES string of the molecule is CSc1ccc(C)c(N)c1C(=O)OC(C)C. The van der Waals surface area contributed by atoms with Crippen molar-refractivity contribution in [2.75, 3.05) is 12.0 Å². The van der Waals surface area contributed by atoms with Gasteiger partial charge >= 0.3 is 5.97 Å². The van der Waals surface area contributed by atoms with Crippen LogP contribution in [0.15, 0.2) is 17.0 Å². The summed E-state index contributed by atoms with van der Waals surface area (Å²) in [4.78, 5) is 12.7. The molecule has 4 heteroatoms. The lowest BCUT2D eigenvalue weighted by Gasteiger charge is -2.14. The Balaban J connectivity index is 3.19. The Labute approximate surface area is 100 Å². The maximum Gasteiger partial charge on any atom is 0.341 e. The monoisotopic (exact) mass is 239 g/mol. The van der Waals surface area contributed by atoms with Gasteiger partial charge in [-0.05, 0) is 38.7 Å². The number of hydrogen-bond acceptors (Lipinski definition) is 4. The predicted octanol–water partition coefficient (Wildman–Crippen LogP) is 2.86. The van der Waals surface area contributed by atoms with E-state index in [1.807, 2.05) is 39.2 Å². The van der Waals surface area contributed by atoms with E-state index in [1.54, 1.807) is 0 Å². The van der Waals surface area contributed by atoms with Crippen molar-refractivity contribution in [3.8, 4) is 0 Å². The van der Waals surface area contributed by atoms with Crippen molar-refractivity contribution in [3.63, 3.8) is 0 Å². The van der Waals surface area contributed by atoms with Gasteiger partial charge in [-0.15, -0.1) is 11.8 Å². The summed E-state index contributed by atoms with van der Waals surface area (Å²) in [6.07, 6.45) is 1.78. The second-order valence-electron chi connectivity index (χ2n) is 3.83. The molecular formula is C12H17NO2S. The number of anilines is 1. The molecule has 0 atom stereocenters. The molecule has 0 radical (unpaired) electrons. The summed E-state index contributed by atoms with van der Waals surface area (Å²) in [7, 11) is 0. The zero-order valence-electron chi connectivity index (χ0n) is 10.0. The molecule has 0 heterocycles. The lowest BCUT2D eigenvalue weighted by Crippen LogP contribution is -2.15. The first kappa shape index (κ1) is 12.9. The summed E-state index contributed by atoms with van der Waals surface area (Å²) >= 11 is 1.49. The molecule has 0 aliphatic rings. The smallest absolute Gasteiger partial charge is 0.341 e. The molecule has 0 bridgehead atoms. The van der Waals surface area contributed by atoms with E-state index in [-0.39, 0.29) is 12.1 Å². The second-order valence-corrected chi connectivity index (χ2v) is 4.68. The first-order chi connectivity index (χ1) is 7.47. The van der Waals surface area contributed by atoms with E-state index in [4.69, 9.17) is 10.5 Å². The van der Waals surface area contributed by atoms with Crippen LogP contribution in [0.1, 0.15) is 29.8 Å². The number of carbonyl (C=O) groups excluding carboxylic acids is 1. The minimum Gasteiger partial charge on any atom is -0.459 e. The summed E-state index contributed by atoms with van der Waals surface area (Å²) in [5.74, 6) is -0.347. The largest absolute Gasteiger partial charge is 0.459 e. The van der Waals surface area contributed by atoms with E-state index < -0.39 is 0 Å². The number of hydrogen-bond donors (Lipinski definition) is 1. The van der Waals surface area contributed by atoms with Gasteiger partial charge in [0.2, 0.25) is 0 Å². The van der Waals surface area contributed by atoms with Crippen LogP contribution in [-0.2, 0) is 4.74 Å². The highest BCUT2D eigenvalue weighted by molar-refractivity contribution is 7.98. The molecule has 0 fully saturated rings. The summed E-state index contributed by atoms with van der Waals surface area (Å²) in [5, 5.41) is 0. The topological polar surface area (TPSA) is 52.3 Å². The number of carbonyl (C=O) groups is 1. The fraction of sp³-hybridized carbons (Fsp3) is 0.417. The maximum absolute atomic E-state index is 11.9. The number of ether oxygens (including phenoxy) is 1. The van der Waals surface area contributed by atoms with E-state index in [9.17, 15) is 4.79 Å². The summed E-state index contributed by atoms with van der Waals surface area (Å²) in [6.45, 7) is 5.52. The number of thioether (sulfide) groups is 1. The Kier molecular flexibility index (Phi) is 4.24. The quantitative estimate of drug-likeness (QED) is 0.500. The first-order valence-electron chi connectivity index (χ1n) is 5.11. The molecule has 0 saturated heterocycles. The van der Waals surface area contributed by atoms with Gasteiger partial charge in [-0.25, -0.2) is 4.79 Å². The van der Waals surface area contributed by atoms with E-state index in [2.05, 4.69) is 0 Å².